The van der Waals surface area contributed by atoms with Crippen molar-refractivity contribution in [3.8, 4) is 0 Å². The normalized spacial score (nSPS) is 33.5. The molecule has 2 saturated carbocycles. The van der Waals surface area contributed by atoms with Crippen LogP contribution in [0.5, 0.6) is 0 Å². The summed E-state index contributed by atoms with van der Waals surface area (Å²) in [4.78, 5) is 13.1. The second kappa shape index (κ2) is 14.5. The number of epoxide rings is 1. The van der Waals surface area contributed by atoms with Gasteiger partial charge in [-0.15, -0.1) is 5.73 Å². The van der Waals surface area contributed by atoms with Crippen LogP contribution in [0.15, 0.2) is 100 Å². The molecule has 3 fully saturated rings. The molecule has 0 aromatic carbocycles. The molecule has 0 bridgehead atoms. The summed E-state index contributed by atoms with van der Waals surface area (Å²) in [6.45, 7) is 17.5. The number of carbonyl (C=O) groups is 1. The van der Waals surface area contributed by atoms with E-state index in [2.05, 4.69) is 19.6 Å². The molecule has 1 aliphatic heterocycles. The third kappa shape index (κ3) is 8.95. The largest absolute Gasteiger partial charge is 0.393 e. The molecule has 3 rings (SSSR count). The van der Waals surface area contributed by atoms with Crippen LogP contribution in [0, 0.1) is 10.8 Å². The van der Waals surface area contributed by atoms with E-state index in [-0.39, 0.29) is 24.2 Å². The highest BCUT2D eigenvalue weighted by molar-refractivity contribution is 5.96. The van der Waals surface area contributed by atoms with Gasteiger partial charge < -0.3 is 25.2 Å². The number of hydrogen-bond acceptors (Lipinski definition) is 6. The number of allylic oxidation sites excluding steroid dienone is 13. The van der Waals surface area contributed by atoms with Crippen LogP contribution < -0.4 is 0 Å². The fraction of sp³-hybridized carbons (Fsp3) is 0.550. The molecule has 1 saturated heterocycles. The zero-order valence-corrected chi connectivity index (χ0v) is 29.4. The van der Waals surface area contributed by atoms with Crippen LogP contribution in [0.3, 0.4) is 0 Å². The van der Waals surface area contributed by atoms with E-state index in [1.54, 1.807) is 13.0 Å². The van der Waals surface area contributed by atoms with Gasteiger partial charge in [-0.05, 0) is 75.5 Å². The molecule has 46 heavy (non-hydrogen) atoms. The topological polar surface area (TPSA) is 111 Å². The predicted octanol–water partition coefficient (Wildman–Crippen LogP) is 7.09. The van der Waals surface area contributed by atoms with Gasteiger partial charge in [0.15, 0.2) is 5.78 Å². The number of carbonyl (C=O) groups excluding carboxylic acids is 1. The summed E-state index contributed by atoms with van der Waals surface area (Å²) in [6, 6.07) is 0. The lowest BCUT2D eigenvalue weighted by Crippen LogP contribution is -2.48. The summed E-state index contributed by atoms with van der Waals surface area (Å²) < 4.78 is 6.17. The third-order valence-corrected chi connectivity index (χ3v) is 9.91. The molecule has 0 radical (unpaired) electrons. The lowest BCUT2D eigenvalue weighted by atomic mass is 9.61. The van der Waals surface area contributed by atoms with Crippen molar-refractivity contribution in [1.82, 2.24) is 0 Å². The van der Waals surface area contributed by atoms with Crippen molar-refractivity contribution < 1.29 is 30.0 Å². The van der Waals surface area contributed by atoms with Crippen molar-refractivity contribution in [2.75, 3.05) is 6.61 Å². The Morgan fingerprint density at radius 1 is 0.826 bits per heavy atom. The van der Waals surface area contributed by atoms with E-state index in [1.165, 1.54) is 0 Å². The van der Waals surface area contributed by atoms with Crippen LogP contribution in [-0.2, 0) is 9.53 Å². The molecule has 3 aliphatic rings. The Balaban J connectivity index is 1.56. The van der Waals surface area contributed by atoms with E-state index in [4.69, 9.17) is 4.74 Å². The maximum atomic E-state index is 13.1. The minimum Gasteiger partial charge on any atom is -0.393 e. The fourth-order valence-corrected chi connectivity index (χ4v) is 7.52. The Bertz CT molecular complexity index is 1420. The minimum atomic E-state index is -1.15. The second-order valence-corrected chi connectivity index (χ2v) is 15.3. The van der Waals surface area contributed by atoms with Crippen molar-refractivity contribution in [3.63, 3.8) is 0 Å². The molecule has 6 heteroatoms. The summed E-state index contributed by atoms with van der Waals surface area (Å²) in [7, 11) is 0. The zero-order valence-electron chi connectivity index (χ0n) is 29.4. The Hall–Kier alpha value is -2.83. The smallest absolute Gasteiger partial charge is 0.161 e. The third-order valence-electron chi connectivity index (χ3n) is 9.91. The highest BCUT2D eigenvalue weighted by Crippen LogP contribution is 2.67. The lowest BCUT2D eigenvalue weighted by molar-refractivity contribution is -0.118. The Kier molecular flexibility index (Phi) is 11.9. The second-order valence-electron chi connectivity index (χ2n) is 15.3. The zero-order chi connectivity index (χ0) is 34.6. The Labute approximate surface area is 276 Å². The van der Waals surface area contributed by atoms with Crippen molar-refractivity contribution in [2.24, 2.45) is 10.8 Å². The van der Waals surface area contributed by atoms with Gasteiger partial charge in [-0.1, -0.05) is 99.6 Å². The molecule has 5 unspecified atom stereocenters. The van der Waals surface area contributed by atoms with Gasteiger partial charge in [0.25, 0.3) is 0 Å². The number of hydrogen-bond donors (Lipinski definition) is 4. The first kappa shape index (κ1) is 37.6. The summed E-state index contributed by atoms with van der Waals surface area (Å²) >= 11 is 0. The Morgan fingerprint density at radius 3 is 1.93 bits per heavy atom. The van der Waals surface area contributed by atoms with Crippen molar-refractivity contribution in [1.29, 1.82) is 0 Å². The molecular formula is C40H56O6. The average Bonchev–Trinajstić information content (AvgIpc) is 3.52. The van der Waals surface area contributed by atoms with Crippen LogP contribution in [-0.4, -0.2) is 61.8 Å². The molecule has 0 aromatic heterocycles. The molecule has 252 valence electrons. The van der Waals surface area contributed by atoms with Crippen LogP contribution in [0.25, 0.3) is 0 Å². The van der Waals surface area contributed by atoms with Crippen LogP contribution in [0.1, 0.15) is 94.4 Å². The summed E-state index contributed by atoms with van der Waals surface area (Å²) in [6.07, 6.45) is 22.4. The molecule has 2 aliphatic carbocycles. The van der Waals surface area contributed by atoms with Crippen molar-refractivity contribution in [2.45, 2.75) is 123 Å². The van der Waals surface area contributed by atoms with Crippen LogP contribution in [0.2, 0.25) is 0 Å². The highest BCUT2D eigenvalue weighted by atomic mass is 16.6. The molecule has 1 heterocycles. The monoisotopic (exact) mass is 632 g/mol. The van der Waals surface area contributed by atoms with E-state index >= 15 is 0 Å². The first-order chi connectivity index (χ1) is 21.3. The molecule has 4 N–H and O–H groups in total. The number of rotatable bonds is 11. The van der Waals surface area contributed by atoms with E-state index in [9.17, 15) is 25.2 Å². The van der Waals surface area contributed by atoms with Crippen molar-refractivity contribution in [3.05, 3.63) is 100 Å². The fourth-order valence-electron chi connectivity index (χ4n) is 7.52. The number of aliphatic hydroxyl groups is 4. The maximum Gasteiger partial charge on any atom is 0.161 e. The maximum absolute atomic E-state index is 13.1. The molecule has 0 spiro atoms. The van der Waals surface area contributed by atoms with Crippen LogP contribution in [0.4, 0.5) is 0 Å². The first-order valence-electron chi connectivity index (χ1n) is 16.4. The molecule has 0 amide bonds. The predicted molar refractivity (Wildman–Crippen MR) is 186 cm³/mol. The molecule has 5 atom stereocenters. The van der Waals surface area contributed by atoms with Gasteiger partial charge in [0, 0.05) is 24.8 Å². The Morgan fingerprint density at radius 2 is 1.39 bits per heavy atom. The van der Waals surface area contributed by atoms with Gasteiger partial charge >= 0.3 is 0 Å². The van der Waals surface area contributed by atoms with E-state index in [1.807, 2.05) is 102 Å². The molecule has 0 aromatic rings. The standard InChI is InChI=1S/C40H56O6/c1-28(16-12-18-30(3)34(44)26-40-37(6,7)23-33(43)25-39(40,9)46-40)14-10-11-15-29(2)17-13-19-31(27-41)20-21-35-36(4,5)22-32(42)24-38(35,8)45/h10-20,32-33,41-43,45H,22-27H2,1-9H3. The lowest BCUT2D eigenvalue weighted by Gasteiger charge is -2.43. The summed E-state index contributed by atoms with van der Waals surface area (Å²) in [5, 5.41) is 41.1. The van der Waals surface area contributed by atoms with Gasteiger partial charge in [-0.25, -0.2) is 0 Å². The van der Waals surface area contributed by atoms with Gasteiger partial charge in [0.1, 0.15) is 5.60 Å². The van der Waals surface area contributed by atoms with E-state index in [0.29, 0.717) is 36.8 Å². The summed E-state index contributed by atoms with van der Waals surface area (Å²) in [5.41, 5.74) is 4.60. The summed E-state index contributed by atoms with van der Waals surface area (Å²) in [5.74, 6) is 0.0732. The SMILES string of the molecule is CC(C=CC=C(C=C=C1C(C)(C)CC(O)CC1(C)O)CO)=CC=CC=C(C)C=CC=C(C)C(=O)CC12OC1(C)CC(O)CC2(C)C. The van der Waals surface area contributed by atoms with Crippen molar-refractivity contribution >= 4 is 5.78 Å². The van der Waals surface area contributed by atoms with E-state index < -0.39 is 34.4 Å². The van der Waals surface area contributed by atoms with Gasteiger partial charge in [-0.3, -0.25) is 4.79 Å². The van der Waals surface area contributed by atoms with Crippen LogP contribution >= 0.6 is 0 Å². The molecular weight excluding hydrogens is 576 g/mol. The quantitative estimate of drug-likeness (QED) is 0.0838. The number of ether oxygens (including phenoxy) is 1. The number of Topliss-reactive ketones (excluding diaryl/α,β-unsaturated/α-hetero) is 1. The average molecular weight is 633 g/mol. The van der Waals surface area contributed by atoms with E-state index in [0.717, 1.165) is 16.7 Å². The minimum absolute atomic E-state index is 0.0732. The highest BCUT2D eigenvalue weighted by Gasteiger charge is 2.76. The molecule has 6 nitrogen and oxygen atoms in total. The van der Waals surface area contributed by atoms with Gasteiger partial charge in [-0.2, -0.15) is 0 Å². The number of fused-ring (bicyclic) bond motifs is 1. The number of ketones is 1. The van der Waals surface area contributed by atoms with Gasteiger partial charge in [0.2, 0.25) is 0 Å². The van der Waals surface area contributed by atoms with Gasteiger partial charge in [0.05, 0.1) is 30.0 Å². The first-order valence-corrected chi connectivity index (χ1v) is 16.4. The number of aliphatic hydroxyl groups excluding tert-OH is 3.